The quantitative estimate of drug-likeness (QED) is 0.446. The van der Waals surface area contributed by atoms with Crippen molar-refractivity contribution >= 4 is 23.8 Å². The Morgan fingerprint density at radius 2 is 2.00 bits per heavy atom. The van der Waals surface area contributed by atoms with E-state index in [1.54, 1.807) is 14.0 Å². The number of thioether (sulfide) groups is 1. The minimum absolute atomic E-state index is 0.263. The van der Waals surface area contributed by atoms with Gasteiger partial charge < -0.3 is 20.1 Å². The number of aromatic amines is 1. The summed E-state index contributed by atoms with van der Waals surface area (Å²) in [5.41, 5.74) is 1.82. The van der Waals surface area contributed by atoms with Crippen molar-refractivity contribution < 1.29 is 19.1 Å². The van der Waals surface area contributed by atoms with E-state index in [0.717, 1.165) is 11.3 Å². The highest BCUT2D eigenvalue weighted by Gasteiger charge is 2.31. The summed E-state index contributed by atoms with van der Waals surface area (Å²) in [5.74, 6) is 1.28. The lowest BCUT2D eigenvalue weighted by molar-refractivity contribution is -0.139. The molecule has 0 saturated carbocycles. The summed E-state index contributed by atoms with van der Waals surface area (Å²) in [6.45, 7) is 3.91. The Labute approximate surface area is 172 Å². The fourth-order valence-electron chi connectivity index (χ4n) is 2.90. The van der Waals surface area contributed by atoms with Crippen molar-refractivity contribution in [1.82, 2.24) is 25.8 Å². The predicted molar refractivity (Wildman–Crippen MR) is 109 cm³/mol. The smallest absolute Gasteiger partial charge is 0.337 e. The SMILES string of the molecule is CCOC(=O)C1=C(CSc2n[nH]c(-c3ccc(OC)cc3)n2)NC(=O)N[C@@H]1CC. The Morgan fingerprint density at radius 3 is 2.66 bits per heavy atom. The molecule has 0 saturated heterocycles. The maximum atomic E-state index is 12.4. The molecule has 2 amide bonds. The van der Waals surface area contributed by atoms with Crippen LogP contribution in [-0.2, 0) is 9.53 Å². The summed E-state index contributed by atoms with van der Waals surface area (Å²) < 4.78 is 10.3. The van der Waals surface area contributed by atoms with Gasteiger partial charge in [0.05, 0.1) is 25.3 Å². The van der Waals surface area contributed by atoms with Crippen molar-refractivity contribution in [2.45, 2.75) is 31.5 Å². The topological polar surface area (TPSA) is 118 Å². The fraction of sp³-hybridized carbons (Fsp3) is 0.368. The molecule has 10 heteroatoms. The van der Waals surface area contributed by atoms with Crippen LogP contribution in [-0.4, -0.2) is 52.7 Å². The summed E-state index contributed by atoms with van der Waals surface area (Å²) in [6.07, 6.45) is 0.581. The summed E-state index contributed by atoms with van der Waals surface area (Å²) in [6, 6.07) is 6.73. The van der Waals surface area contributed by atoms with E-state index in [1.165, 1.54) is 11.8 Å². The van der Waals surface area contributed by atoms with Crippen molar-refractivity contribution in [1.29, 1.82) is 0 Å². The average molecular weight is 417 g/mol. The lowest BCUT2D eigenvalue weighted by Gasteiger charge is -2.28. The van der Waals surface area contributed by atoms with E-state index in [9.17, 15) is 9.59 Å². The molecule has 3 rings (SSSR count). The minimum atomic E-state index is -0.434. The van der Waals surface area contributed by atoms with Crippen molar-refractivity contribution in [3.8, 4) is 17.1 Å². The fourth-order valence-corrected chi connectivity index (χ4v) is 3.67. The Bertz CT molecular complexity index is 910. The van der Waals surface area contributed by atoms with E-state index in [0.29, 0.717) is 34.4 Å². The first-order chi connectivity index (χ1) is 14.0. The van der Waals surface area contributed by atoms with Crippen LogP contribution in [0.5, 0.6) is 5.75 Å². The van der Waals surface area contributed by atoms with Crippen LogP contribution in [0.1, 0.15) is 20.3 Å². The second kappa shape index (κ2) is 9.46. The molecule has 154 valence electrons. The molecule has 0 aliphatic carbocycles. The highest BCUT2D eigenvalue weighted by atomic mass is 32.2. The largest absolute Gasteiger partial charge is 0.497 e. The van der Waals surface area contributed by atoms with E-state index in [-0.39, 0.29) is 18.7 Å². The van der Waals surface area contributed by atoms with E-state index in [4.69, 9.17) is 9.47 Å². The maximum absolute atomic E-state index is 12.4. The molecular weight excluding hydrogens is 394 g/mol. The van der Waals surface area contributed by atoms with E-state index >= 15 is 0 Å². The number of benzene rings is 1. The van der Waals surface area contributed by atoms with Gasteiger partial charge >= 0.3 is 12.0 Å². The van der Waals surface area contributed by atoms with Gasteiger partial charge in [0.1, 0.15) is 5.75 Å². The lowest BCUT2D eigenvalue weighted by atomic mass is 10.0. The minimum Gasteiger partial charge on any atom is -0.497 e. The highest BCUT2D eigenvalue weighted by Crippen LogP contribution is 2.25. The van der Waals surface area contributed by atoms with Gasteiger partial charge in [-0.1, -0.05) is 18.7 Å². The molecule has 0 bridgehead atoms. The molecule has 2 aromatic rings. The van der Waals surface area contributed by atoms with Crippen molar-refractivity contribution in [2.75, 3.05) is 19.5 Å². The molecule has 1 aromatic heterocycles. The number of hydrogen-bond donors (Lipinski definition) is 3. The third-order valence-electron chi connectivity index (χ3n) is 4.32. The number of hydrogen-bond acceptors (Lipinski definition) is 7. The zero-order chi connectivity index (χ0) is 20.8. The van der Waals surface area contributed by atoms with Gasteiger partial charge in [-0.15, -0.1) is 5.10 Å². The first kappa shape index (κ1) is 20.7. The van der Waals surface area contributed by atoms with Crippen molar-refractivity contribution in [2.24, 2.45) is 0 Å². The Balaban J connectivity index is 1.76. The van der Waals surface area contributed by atoms with E-state index < -0.39 is 5.97 Å². The van der Waals surface area contributed by atoms with Gasteiger partial charge in [-0.25, -0.2) is 14.6 Å². The van der Waals surface area contributed by atoms with Gasteiger partial charge in [0.2, 0.25) is 5.16 Å². The normalized spacial score (nSPS) is 16.2. The summed E-state index contributed by atoms with van der Waals surface area (Å²) in [5, 5.41) is 13.1. The van der Waals surface area contributed by atoms with E-state index in [2.05, 4.69) is 25.8 Å². The number of H-pyrrole nitrogens is 1. The molecule has 1 aliphatic rings. The third kappa shape index (κ3) is 4.89. The Hall–Kier alpha value is -3.01. The zero-order valence-corrected chi connectivity index (χ0v) is 17.3. The number of nitrogens with one attached hydrogen (secondary N) is 3. The Kier molecular flexibility index (Phi) is 6.76. The number of amides is 2. The maximum Gasteiger partial charge on any atom is 0.337 e. The lowest BCUT2D eigenvalue weighted by Crippen LogP contribution is -2.50. The van der Waals surface area contributed by atoms with E-state index in [1.807, 2.05) is 31.2 Å². The highest BCUT2D eigenvalue weighted by molar-refractivity contribution is 7.99. The Morgan fingerprint density at radius 1 is 1.24 bits per heavy atom. The van der Waals surface area contributed by atoms with Gasteiger partial charge in [0.15, 0.2) is 5.82 Å². The molecule has 1 aliphatic heterocycles. The predicted octanol–water partition coefficient (Wildman–Crippen LogP) is 2.48. The number of methoxy groups -OCH3 is 1. The number of carbonyl (C=O) groups excluding carboxylic acids is 2. The standard InChI is InChI=1S/C19H23N5O4S/c1-4-13-15(17(25)28-5-2)14(21-18(26)20-13)10-29-19-22-16(23-24-19)11-6-8-12(27-3)9-7-11/h6-9,13H,4-5,10H2,1-3H3,(H2,20,21,26)(H,22,23,24)/t13-/m1/s1. The first-order valence-electron chi connectivity index (χ1n) is 9.23. The number of nitrogens with zero attached hydrogens (tertiary/aromatic N) is 2. The van der Waals surface area contributed by atoms with Crippen molar-refractivity contribution in [3.05, 3.63) is 35.5 Å². The molecule has 0 spiro atoms. The van der Waals surface area contributed by atoms with Crippen LogP contribution in [0.2, 0.25) is 0 Å². The van der Waals surface area contributed by atoms with Crippen LogP contribution in [0.25, 0.3) is 11.4 Å². The van der Waals surface area contributed by atoms with Gasteiger partial charge in [0.25, 0.3) is 0 Å². The summed E-state index contributed by atoms with van der Waals surface area (Å²) >= 11 is 1.32. The molecule has 9 nitrogen and oxygen atoms in total. The number of urea groups is 1. The molecule has 29 heavy (non-hydrogen) atoms. The third-order valence-corrected chi connectivity index (χ3v) is 5.19. The number of ether oxygens (including phenoxy) is 2. The summed E-state index contributed by atoms with van der Waals surface area (Å²) in [4.78, 5) is 28.8. The summed E-state index contributed by atoms with van der Waals surface area (Å²) in [7, 11) is 1.61. The van der Waals surface area contributed by atoms with Crippen molar-refractivity contribution in [3.63, 3.8) is 0 Å². The van der Waals surface area contributed by atoms with Crippen LogP contribution in [0.15, 0.2) is 40.7 Å². The van der Waals surface area contributed by atoms with Crippen LogP contribution >= 0.6 is 11.8 Å². The zero-order valence-electron chi connectivity index (χ0n) is 16.4. The molecule has 0 radical (unpaired) electrons. The molecular formula is C19H23N5O4S. The molecule has 2 heterocycles. The number of esters is 1. The average Bonchev–Trinajstić information content (AvgIpc) is 3.21. The molecule has 1 atom stereocenters. The van der Waals surface area contributed by atoms with Crippen LogP contribution in [0.3, 0.4) is 0 Å². The second-order valence-electron chi connectivity index (χ2n) is 6.16. The van der Waals surface area contributed by atoms with Gasteiger partial charge in [0, 0.05) is 17.0 Å². The number of aromatic nitrogens is 3. The van der Waals surface area contributed by atoms with Crippen LogP contribution < -0.4 is 15.4 Å². The second-order valence-corrected chi connectivity index (χ2v) is 7.10. The molecule has 1 aromatic carbocycles. The first-order valence-corrected chi connectivity index (χ1v) is 10.2. The molecule has 0 unspecified atom stereocenters. The number of carbonyl (C=O) groups is 2. The van der Waals surface area contributed by atoms with Crippen LogP contribution in [0.4, 0.5) is 4.79 Å². The monoisotopic (exact) mass is 417 g/mol. The van der Waals surface area contributed by atoms with Gasteiger partial charge in [-0.2, -0.15) is 0 Å². The molecule has 3 N–H and O–H groups in total. The van der Waals surface area contributed by atoms with Gasteiger partial charge in [-0.3, -0.25) is 5.10 Å². The molecule has 0 fully saturated rings. The van der Waals surface area contributed by atoms with Gasteiger partial charge in [-0.05, 0) is 37.6 Å². The number of rotatable bonds is 8. The van der Waals surface area contributed by atoms with Crippen LogP contribution in [0, 0.1) is 0 Å².